The van der Waals surface area contributed by atoms with Crippen molar-refractivity contribution in [2.24, 2.45) is 0 Å². The lowest BCUT2D eigenvalue weighted by Gasteiger charge is -2.02. The Morgan fingerprint density at radius 1 is 1.43 bits per heavy atom. The molecule has 0 aromatic carbocycles. The number of carbonyl (C=O) groups excluding carboxylic acids is 1. The smallest absolute Gasteiger partial charge is 0.435 e. The molecule has 0 unspecified atom stereocenters. The minimum atomic E-state index is -0.731. The second-order valence-electron chi connectivity index (χ2n) is 2.60. The van der Waals surface area contributed by atoms with Crippen LogP contribution in [0.5, 0.6) is 0 Å². The van der Waals surface area contributed by atoms with Gasteiger partial charge in [0.15, 0.2) is 0 Å². The second-order valence-corrected chi connectivity index (χ2v) is 2.60. The molecule has 4 nitrogen and oxygen atoms in total. The van der Waals surface area contributed by atoms with Crippen LogP contribution in [0.3, 0.4) is 0 Å². The first-order chi connectivity index (χ1) is 6.74. The van der Waals surface area contributed by atoms with Crippen LogP contribution in [0.2, 0.25) is 0 Å². The van der Waals surface area contributed by atoms with Crippen molar-refractivity contribution in [3.63, 3.8) is 0 Å². The summed E-state index contributed by atoms with van der Waals surface area (Å²) in [7, 11) is 0. The van der Waals surface area contributed by atoms with Crippen molar-refractivity contribution >= 4 is 6.16 Å². The van der Waals surface area contributed by atoms with Crippen LogP contribution >= 0.6 is 0 Å². The van der Waals surface area contributed by atoms with Gasteiger partial charge in [-0.3, -0.25) is 0 Å². The lowest BCUT2D eigenvalue weighted by molar-refractivity contribution is 0.0662. The molecule has 0 aromatic rings. The van der Waals surface area contributed by atoms with E-state index >= 15 is 0 Å². The number of ether oxygens (including phenoxy) is 2. The Balaban J connectivity index is 3.85. The van der Waals surface area contributed by atoms with Crippen molar-refractivity contribution in [1.82, 2.24) is 0 Å². The van der Waals surface area contributed by atoms with Gasteiger partial charge in [0.05, 0.1) is 18.2 Å². The fraction of sp³-hybridized carbons (Fsp3) is 0.600. The molecule has 0 bridgehead atoms. The zero-order valence-electron chi connectivity index (χ0n) is 8.58. The van der Waals surface area contributed by atoms with E-state index in [-0.39, 0.29) is 13.2 Å². The van der Waals surface area contributed by atoms with Gasteiger partial charge in [0.25, 0.3) is 0 Å². The van der Waals surface area contributed by atoms with Gasteiger partial charge in [-0.05, 0) is 13.3 Å². The molecule has 4 heteroatoms. The van der Waals surface area contributed by atoms with Crippen LogP contribution in [0.4, 0.5) is 4.79 Å². The van der Waals surface area contributed by atoms with Gasteiger partial charge in [-0.15, -0.1) is 0 Å². The molecule has 0 radical (unpaired) electrons. The maximum Gasteiger partial charge on any atom is 0.508 e. The number of hydrogen-bond donors (Lipinski definition) is 0. The first-order valence-electron chi connectivity index (χ1n) is 4.63. The van der Waals surface area contributed by atoms with Gasteiger partial charge in [-0.1, -0.05) is 19.4 Å². The minimum absolute atomic E-state index is 0.00463. The number of nitriles is 1. The fourth-order valence-electron chi connectivity index (χ4n) is 0.752. The van der Waals surface area contributed by atoms with Crippen LogP contribution in [0.15, 0.2) is 11.6 Å². The third kappa shape index (κ3) is 6.06. The normalized spacial score (nSPS) is 10.5. The Morgan fingerprint density at radius 2 is 2.14 bits per heavy atom. The molecule has 0 aliphatic rings. The Kier molecular flexibility index (Phi) is 7.24. The van der Waals surface area contributed by atoms with E-state index in [0.717, 1.165) is 12.8 Å². The van der Waals surface area contributed by atoms with Gasteiger partial charge in [0.2, 0.25) is 0 Å². The monoisotopic (exact) mass is 197 g/mol. The number of allylic oxidation sites excluding steroid dienone is 1. The molecule has 0 heterocycles. The largest absolute Gasteiger partial charge is 0.508 e. The molecule has 0 aromatic heterocycles. The molecule has 0 rings (SSSR count). The highest BCUT2D eigenvalue weighted by molar-refractivity contribution is 5.60. The fourth-order valence-corrected chi connectivity index (χ4v) is 0.752. The van der Waals surface area contributed by atoms with Gasteiger partial charge >= 0.3 is 6.16 Å². The molecule has 14 heavy (non-hydrogen) atoms. The molecule has 0 saturated carbocycles. The van der Waals surface area contributed by atoms with E-state index in [0.29, 0.717) is 5.57 Å². The summed E-state index contributed by atoms with van der Waals surface area (Å²) in [6.07, 6.45) is 2.81. The number of hydrogen-bond acceptors (Lipinski definition) is 4. The maximum atomic E-state index is 10.8. The summed E-state index contributed by atoms with van der Waals surface area (Å²) in [4.78, 5) is 10.8. The zero-order chi connectivity index (χ0) is 10.8. The molecule has 0 saturated heterocycles. The summed E-state index contributed by atoms with van der Waals surface area (Å²) in [6, 6.07) is 1.96. The average molecular weight is 197 g/mol. The first kappa shape index (κ1) is 12.5. The van der Waals surface area contributed by atoms with Crippen LogP contribution in [0.25, 0.3) is 0 Å². The predicted octanol–water partition coefficient (Wildman–Crippen LogP) is 2.41. The SMILES string of the molecule is CCC/C=C(\C#N)COC(=O)OCC. The third-order valence-corrected chi connectivity index (χ3v) is 1.43. The van der Waals surface area contributed by atoms with Gasteiger partial charge in [-0.25, -0.2) is 4.79 Å². The molecule has 0 aliphatic heterocycles. The molecular formula is C10H15NO3. The minimum Gasteiger partial charge on any atom is -0.435 e. The molecule has 0 fully saturated rings. The standard InChI is InChI=1S/C10H15NO3/c1-3-5-6-9(7-11)8-14-10(12)13-4-2/h6H,3-5,8H2,1-2H3/b9-6+. The van der Waals surface area contributed by atoms with Gasteiger partial charge < -0.3 is 9.47 Å². The maximum absolute atomic E-state index is 10.8. The highest BCUT2D eigenvalue weighted by Gasteiger charge is 2.03. The predicted molar refractivity (Wildman–Crippen MR) is 51.6 cm³/mol. The molecule has 0 aliphatic carbocycles. The van der Waals surface area contributed by atoms with Gasteiger partial charge in [-0.2, -0.15) is 5.26 Å². The van der Waals surface area contributed by atoms with E-state index in [2.05, 4.69) is 9.47 Å². The Labute approximate surface area is 84.1 Å². The number of carbonyl (C=O) groups is 1. The molecule has 0 atom stereocenters. The van der Waals surface area contributed by atoms with Crippen LogP contribution in [-0.2, 0) is 9.47 Å². The zero-order valence-corrected chi connectivity index (χ0v) is 8.58. The summed E-state index contributed by atoms with van der Waals surface area (Å²) >= 11 is 0. The van der Waals surface area contributed by atoms with Crippen molar-refractivity contribution in [1.29, 1.82) is 5.26 Å². The molecule has 0 N–H and O–H groups in total. The van der Waals surface area contributed by atoms with Crippen LogP contribution < -0.4 is 0 Å². The van der Waals surface area contributed by atoms with E-state index < -0.39 is 6.16 Å². The Morgan fingerprint density at radius 3 is 2.64 bits per heavy atom. The van der Waals surface area contributed by atoms with Crippen LogP contribution in [-0.4, -0.2) is 19.4 Å². The van der Waals surface area contributed by atoms with Crippen molar-refractivity contribution < 1.29 is 14.3 Å². The summed E-state index contributed by atoms with van der Waals surface area (Å²) in [5.41, 5.74) is 0.458. The van der Waals surface area contributed by atoms with Crippen molar-refractivity contribution in [2.45, 2.75) is 26.7 Å². The Bertz CT molecular complexity index is 240. The summed E-state index contributed by atoms with van der Waals surface area (Å²) in [5, 5.41) is 8.65. The molecular weight excluding hydrogens is 182 g/mol. The van der Waals surface area contributed by atoms with E-state index in [1.807, 2.05) is 13.0 Å². The highest BCUT2D eigenvalue weighted by Crippen LogP contribution is 1.99. The van der Waals surface area contributed by atoms with Crippen LogP contribution in [0.1, 0.15) is 26.7 Å². The summed E-state index contributed by atoms with van der Waals surface area (Å²) in [5.74, 6) is 0. The van der Waals surface area contributed by atoms with Crippen LogP contribution in [0, 0.1) is 11.3 Å². The third-order valence-electron chi connectivity index (χ3n) is 1.43. The lowest BCUT2D eigenvalue weighted by Crippen LogP contribution is -2.09. The van der Waals surface area contributed by atoms with E-state index in [4.69, 9.17) is 5.26 Å². The van der Waals surface area contributed by atoms with Crippen molar-refractivity contribution in [3.05, 3.63) is 11.6 Å². The molecule has 0 amide bonds. The molecule has 0 spiro atoms. The van der Waals surface area contributed by atoms with E-state index in [9.17, 15) is 4.79 Å². The number of nitrogens with zero attached hydrogens (tertiary/aromatic N) is 1. The Hall–Kier alpha value is -1.50. The highest BCUT2D eigenvalue weighted by atomic mass is 16.7. The summed E-state index contributed by atoms with van der Waals surface area (Å²) < 4.78 is 9.22. The van der Waals surface area contributed by atoms with Gasteiger partial charge in [0.1, 0.15) is 6.61 Å². The van der Waals surface area contributed by atoms with Crippen molar-refractivity contribution in [3.8, 4) is 6.07 Å². The number of rotatable bonds is 5. The van der Waals surface area contributed by atoms with E-state index in [1.165, 1.54) is 0 Å². The van der Waals surface area contributed by atoms with Gasteiger partial charge in [0, 0.05) is 0 Å². The first-order valence-corrected chi connectivity index (χ1v) is 4.63. The number of unbranched alkanes of at least 4 members (excludes halogenated alkanes) is 1. The quantitative estimate of drug-likeness (QED) is 0.501. The molecule has 78 valence electrons. The van der Waals surface area contributed by atoms with Crippen molar-refractivity contribution in [2.75, 3.05) is 13.2 Å². The average Bonchev–Trinajstić information content (AvgIpc) is 2.19. The lowest BCUT2D eigenvalue weighted by atomic mass is 10.2. The van der Waals surface area contributed by atoms with E-state index in [1.54, 1.807) is 13.0 Å². The summed E-state index contributed by atoms with van der Waals surface area (Å²) in [6.45, 7) is 3.98. The topological polar surface area (TPSA) is 59.3 Å². The second kappa shape index (κ2) is 8.11.